The molecule has 88 valence electrons. The van der Waals surface area contributed by atoms with E-state index in [1.165, 1.54) is 25.7 Å². The second-order valence-electron chi connectivity index (χ2n) is 5.92. The van der Waals surface area contributed by atoms with Gasteiger partial charge in [0.1, 0.15) is 0 Å². The average molecular weight is 211 g/mol. The lowest BCUT2D eigenvalue weighted by Gasteiger charge is -2.26. The van der Waals surface area contributed by atoms with E-state index < -0.39 is 5.60 Å². The molecular weight excluding hydrogens is 186 g/mol. The Morgan fingerprint density at radius 3 is 2.67 bits per heavy atom. The largest absolute Gasteiger partial charge is 0.389 e. The number of hydrogen-bond acceptors (Lipinski definition) is 2. The molecule has 0 aromatic carbocycles. The standard InChI is InChI=1S/C13H25NO/c1-3-13(2,15)9-14-8-12-7-10-4-5-11(12)6-10/h10-12,14-15H,3-9H2,1-2H3. The lowest BCUT2D eigenvalue weighted by molar-refractivity contribution is 0.0542. The van der Waals surface area contributed by atoms with Crippen LogP contribution < -0.4 is 5.32 Å². The van der Waals surface area contributed by atoms with Crippen molar-refractivity contribution in [3.63, 3.8) is 0 Å². The molecule has 0 saturated heterocycles. The molecule has 2 heteroatoms. The van der Waals surface area contributed by atoms with Gasteiger partial charge in [0.25, 0.3) is 0 Å². The molecule has 0 heterocycles. The van der Waals surface area contributed by atoms with Gasteiger partial charge in [0.15, 0.2) is 0 Å². The topological polar surface area (TPSA) is 32.3 Å². The molecule has 0 radical (unpaired) electrons. The van der Waals surface area contributed by atoms with Crippen LogP contribution in [0.5, 0.6) is 0 Å². The van der Waals surface area contributed by atoms with E-state index in [0.29, 0.717) is 0 Å². The summed E-state index contributed by atoms with van der Waals surface area (Å²) < 4.78 is 0. The summed E-state index contributed by atoms with van der Waals surface area (Å²) in [5, 5.41) is 13.3. The molecule has 4 unspecified atom stereocenters. The summed E-state index contributed by atoms with van der Waals surface area (Å²) in [5.41, 5.74) is -0.516. The van der Waals surface area contributed by atoms with Crippen molar-refractivity contribution in [3.05, 3.63) is 0 Å². The van der Waals surface area contributed by atoms with Crippen molar-refractivity contribution in [2.24, 2.45) is 17.8 Å². The van der Waals surface area contributed by atoms with Crippen LogP contribution in [0.1, 0.15) is 46.0 Å². The Kier molecular flexibility index (Phi) is 3.36. The molecule has 0 aromatic rings. The smallest absolute Gasteiger partial charge is 0.0740 e. The number of rotatable bonds is 5. The van der Waals surface area contributed by atoms with E-state index in [1.807, 2.05) is 13.8 Å². The Morgan fingerprint density at radius 2 is 2.13 bits per heavy atom. The van der Waals surface area contributed by atoms with Crippen molar-refractivity contribution in [1.82, 2.24) is 5.32 Å². The Hall–Kier alpha value is -0.0800. The second kappa shape index (κ2) is 4.42. The van der Waals surface area contributed by atoms with Crippen LogP contribution in [-0.2, 0) is 0 Å². The maximum Gasteiger partial charge on any atom is 0.0740 e. The Labute approximate surface area is 93.5 Å². The average Bonchev–Trinajstić information content (AvgIpc) is 2.79. The van der Waals surface area contributed by atoms with Gasteiger partial charge in [-0.05, 0) is 56.9 Å². The first-order valence-electron chi connectivity index (χ1n) is 6.54. The van der Waals surface area contributed by atoms with Crippen molar-refractivity contribution in [2.45, 2.75) is 51.6 Å². The number of nitrogens with one attached hydrogen (secondary N) is 1. The molecule has 15 heavy (non-hydrogen) atoms. The normalized spacial score (nSPS) is 38.2. The molecule has 2 N–H and O–H groups in total. The number of aliphatic hydroxyl groups is 1. The third-order valence-electron chi connectivity index (χ3n) is 4.56. The molecule has 2 fully saturated rings. The molecule has 2 aliphatic carbocycles. The van der Waals surface area contributed by atoms with E-state index in [2.05, 4.69) is 5.32 Å². The van der Waals surface area contributed by atoms with Gasteiger partial charge < -0.3 is 10.4 Å². The minimum atomic E-state index is -0.516. The fourth-order valence-corrected chi connectivity index (χ4v) is 3.28. The molecule has 2 nitrogen and oxygen atoms in total. The molecule has 2 aliphatic rings. The monoisotopic (exact) mass is 211 g/mol. The summed E-state index contributed by atoms with van der Waals surface area (Å²) in [6, 6.07) is 0. The Bertz CT molecular complexity index is 215. The van der Waals surface area contributed by atoms with Crippen molar-refractivity contribution in [3.8, 4) is 0 Å². The van der Waals surface area contributed by atoms with E-state index in [-0.39, 0.29) is 0 Å². The summed E-state index contributed by atoms with van der Waals surface area (Å²) in [6.45, 7) is 5.83. The minimum Gasteiger partial charge on any atom is -0.389 e. The summed E-state index contributed by atoms with van der Waals surface area (Å²) in [7, 11) is 0. The van der Waals surface area contributed by atoms with Crippen molar-refractivity contribution in [2.75, 3.05) is 13.1 Å². The van der Waals surface area contributed by atoms with Crippen LogP contribution in [0.15, 0.2) is 0 Å². The van der Waals surface area contributed by atoms with Gasteiger partial charge in [-0.15, -0.1) is 0 Å². The fraction of sp³-hybridized carbons (Fsp3) is 1.00. The fourth-order valence-electron chi connectivity index (χ4n) is 3.28. The molecule has 2 rings (SSSR count). The highest BCUT2D eigenvalue weighted by Crippen LogP contribution is 2.47. The van der Waals surface area contributed by atoms with Crippen LogP contribution in [-0.4, -0.2) is 23.8 Å². The predicted octanol–water partition coefficient (Wildman–Crippen LogP) is 2.17. The highest BCUT2D eigenvalue weighted by Gasteiger charge is 2.39. The van der Waals surface area contributed by atoms with Crippen LogP contribution in [0.3, 0.4) is 0 Å². The summed E-state index contributed by atoms with van der Waals surface area (Å²) in [5.74, 6) is 2.93. The molecule has 2 bridgehead atoms. The van der Waals surface area contributed by atoms with E-state index in [0.717, 1.165) is 37.3 Å². The maximum absolute atomic E-state index is 9.87. The molecule has 0 aliphatic heterocycles. The SMILES string of the molecule is CCC(C)(O)CNCC1CC2CCC1C2. The van der Waals surface area contributed by atoms with Crippen LogP contribution in [0.4, 0.5) is 0 Å². The summed E-state index contributed by atoms with van der Waals surface area (Å²) >= 11 is 0. The zero-order valence-electron chi connectivity index (χ0n) is 10.1. The third-order valence-corrected chi connectivity index (χ3v) is 4.56. The van der Waals surface area contributed by atoms with Gasteiger partial charge in [0, 0.05) is 6.54 Å². The van der Waals surface area contributed by atoms with Gasteiger partial charge in [-0.3, -0.25) is 0 Å². The lowest BCUT2D eigenvalue weighted by Crippen LogP contribution is -2.39. The Morgan fingerprint density at radius 1 is 1.33 bits per heavy atom. The van der Waals surface area contributed by atoms with Crippen LogP contribution in [0.2, 0.25) is 0 Å². The van der Waals surface area contributed by atoms with Crippen molar-refractivity contribution < 1.29 is 5.11 Å². The molecule has 2 saturated carbocycles. The van der Waals surface area contributed by atoms with E-state index >= 15 is 0 Å². The van der Waals surface area contributed by atoms with Crippen molar-refractivity contribution >= 4 is 0 Å². The van der Waals surface area contributed by atoms with E-state index in [1.54, 1.807) is 0 Å². The first kappa shape index (κ1) is 11.4. The molecule has 4 atom stereocenters. The zero-order chi connectivity index (χ0) is 10.9. The summed E-state index contributed by atoms with van der Waals surface area (Å²) in [4.78, 5) is 0. The molecule has 0 amide bonds. The third kappa shape index (κ3) is 2.73. The van der Waals surface area contributed by atoms with Crippen molar-refractivity contribution in [1.29, 1.82) is 0 Å². The number of hydrogen-bond donors (Lipinski definition) is 2. The second-order valence-corrected chi connectivity index (χ2v) is 5.92. The van der Waals surface area contributed by atoms with Gasteiger partial charge in [-0.1, -0.05) is 13.3 Å². The summed E-state index contributed by atoms with van der Waals surface area (Å²) in [6.07, 6.45) is 6.69. The zero-order valence-corrected chi connectivity index (χ0v) is 10.1. The van der Waals surface area contributed by atoms with Crippen LogP contribution >= 0.6 is 0 Å². The molecule has 0 spiro atoms. The first-order chi connectivity index (χ1) is 7.11. The van der Waals surface area contributed by atoms with Gasteiger partial charge in [0.05, 0.1) is 5.60 Å². The van der Waals surface area contributed by atoms with Gasteiger partial charge in [-0.25, -0.2) is 0 Å². The first-order valence-corrected chi connectivity index (χ1v) is 6.54. The molecular formula is C13H25NO. The number of fused-ring (bicyclic) bond motifs is 2. The highest BCUT2D eigenvalue weighted by atomic mass is 16.3. The van der Waals surface area contributed by atoms with Gasteiger partial charge in [-0.2, -0.15) is 0 Å². The van der Waals surface area contributed by atoms with Crippen LogP contribution in [0.25, 0.3) is 0 Å². The Balaban J connectivity index is 1.67. The quantitative estimate of drug-likeness (QED) is 0.730. The van der Waals surface area contributed by atoms with Gasteiger partial charge in [0.2, 0.25) is 0 Å². The minimum absolute atomic E-state index is 0.516. The van der Waals surface area contributed by atoms with E-state index in [9.17, 15) is 5.11 Å². The maximum atomic E-state index is 9.87. The predicted molar refractivity (Wildman–Crippen MR) is 62.7 cm³/mol. The van der Waals surface area contributed by atoms with E-state index in [4.69, 9.17) is 0 Å². The van der Waals surface area contributed by atoms with Gasteiger partial charge >= 0.3 is 0 Å². The van der Waals surface area contributed by atoms with Crippen LogP contribution in [0, 0.1) is 17.8 Å². The molecule has 0 aromatic heterocycles. The lowest BCUT2D eigenvalue weighted by atomic mass is 9.88. The highest BCUT2D eigenvalue weighted by molar-refractivity contribution is 4.91.